The minimum absolute atomic E-state index is 0.287. The Morgan fingerprint density at radius 3 is 2.93 bits per heavy atom. The van der Waals surface area contributed by atoms with Crippen LogP contribution in [-0.2, 0) is 17.8 Å². The summed E-state index contributed by atoms with van der Waals surface area (Å²) in [6, 6.07) is 6.33. The minimum Gasteiger partial charge on any atom is -0.377 e. The van der Waals surface area contributed by atoms with Crippen LogP contribution in [0.3, 0.4) is 0 Å². The van der Waals surface area contributed by atoms with Gasteiger partial charge in [0, 0.05) is 24.0 Å². The Balaban J connectivity index is 1.31. The first-order chi connectivity index (χ1) is 13.8. The number of nitrogens with zero attached hydrogens (tertiary/aromatic N) is 7. The Kier molecular flexibility index (Phi) is 3.47. The van der Waals surface area contributed by atoms with Gasteiger partial charge in [0.15, 0.2) is 0 Å². The van der Waals surface area contributed by atoms with E-state index in [9.17, 15) is 0 Å². The lowest BCUT2D eigenvalue weighted by atomic mass is 10.1. The number of fused-ring (bicyclic) bond motifs is 2. The summed E-state index contributed by atoms with van der Waals surface area (Å²) in [7, 11) is 0. The van der Waals surface area contributed by atoms with Crippen LogP contribution in [0.2, 0.25) is 5.15 Å². The van der Waals surface area contributed by atoms with Crippen molar-refractivity contribution in [3.05, 3.63) is 41.6 Å². The molecule has 1 saturated heterocycles. The number of hydrogen-bond donors (Lipinski definition) is 0. The van der Waals surface area contributed by atoms with Crippen LogP contribution in [0.15, 0.2) is 35.1 Å². The van der Waals surface area contributed by atoms with Crippen molar-refractivity contribution in [1.82, 2.24) is 29.5 Å². The predicted molar refractivity (Wildman–Crippen MR) is 101 cm³/mol. The largest absolute Gasteiger partial charge is 0.377 e. The molecule has 1 fully saturated rings. The molecule has 0 spiro atoms. The van der Waals surface area contributed by atoms with Gasteiger partial charge in [-0.15, -0.1) is 0 Å². The second-order valence-corrected chi connectivity index (χ2v) is 7.41. The standard InChI is InChI=1S/C18H16ClN7O2/c19-15-7-20-16-8-24(3-4-25(15)16)18-22-17(28-23-18)11-1-2-12-6-21-26(14(12)5-11)13-9-27-10-13/h1-2,5-7,13H,3-4,8-10H2. The van der Waals surface area contributed by atoms with Crippen LogP contribution >= 0.6 is 11.6 Å². The molecule has 3 aromatic heterocycles. The highest BCUT2D eigenvalue weighted by atomic mass is 35.5. The summed E-state index contributed by atoms with van der Waals surface area (Å²) in [5, 5.41) is 10.4. The Morgan fingerprint density at radius 2 is 2.07 bits per heavy atom. The number of rotatable bonds is 3. The first-order valence-electron chi connectivity index (χ1n) is 9.10. The van der Waals surface area contributed by atoms with Crippen LogP contribution in [0.25, 0.3) is 22.4 Å². The maximum absolute atomic E-state index is 6.14. The molecule has 0 N–H and O–H groups in total. The normalized spacial score (nSPS) is 17.1. The van der Waals surface area contributed by atoms with Gasteiger partial charge in [0.2, 0.25) is 0 Å². The summed E-state index contributed by atoms with van der Waals surface area (Å²) < 4.78 is 14.9. The van der Waals surface area contributed by atoms with Gasteiger partial charge in [-0.25, -0.2) is 4.98 Å². The molecule has 10 heteroatoms. The Bertz CT molecular complexity index is 1180. The maximum atomic E-state index is 6.14. The molecule has 0 amide bonds. The third-order valence-electron chi connectivity index (χ3n) is 5.33. The van der Waals surface area contributed by atoms with Crippen LogP contribution in [0, 0.1) is 0 Å². The van der Waals surface area contributed by atoms with Crippen molar-refractivity contribution >= 4 is 28.5 Å². The zero-order valence-corrected chi connectivity index (χ0v) is 15.6. The SMILES string of the molecule is Clc1cnc2n1CCN(c1noc(-c3ccc4cnn(C5COC5)c4c3)n1)C2. The van der Waals surface area contributed by atoms with E-state index >= 15 is 0 Å². The molecule has 9 nitrogen and oxygen atoms in total. The molecule has 0 atom stereocenters. The average molecular weight is 398 g/mol. The molecule has 0 saturated carbocycles. The van der Waals surface area contributed by atoms with Crippen molar-refractivity contribution in [2.75, 3.05) is 24.7 Å². The van der Waals surface area contributed by atoms with Crippen molar-refractivity contribution in [3.63, 3.8) is 0 Å². The van der Waals surface area contributed by atoms with Crippen molar-refractivity contribution in [2.45, 2.75) is 19.1 Å². The summed E-state index contributed by atoms with van der Waals surface area (Å²) >= 11 is 6.14. The van der Waals surface area contributed by atoms with E-state index in [1.54, 1.807) is 6.20 Å². The number of imidazole rings is 1. The highest BCUT2D eigenvalue weighted by Crippen LogP contribution is 2.29. The maximum Gasteiger partial charge on any atom is 0.266 e. The van der Waals surface area contributed by atoms with E-state index in [-0.39, 0.29) is 6.04 Å². The molecule has 6 rings (SSSR count). The average Bonchev–Trinajstić information content (AvgIpc) is 3.39. The van der Waals surface area contributed by atoms with Gasteiger partial charge >= 0.3 is 0 Å². The molecule has 28 heavy (non-hydrogen) atoms. The lowest BCUT2D eigenvalue weighted by molar-refractivity contribution is -0.0266. The molecule has 0 bridgehead atoms. The fourth-order valence-electron chi connectivity index (χ4n) is 3.68. The van der Waals surface area contributed by atoms with E-state index in [0.717, 1.165) is 35.4 Å². The lowest BCUT2D eigenvalue weighted by Gasteiger charge is -2.26. The number of ether oxygens (including phenoxy) is 1. The number of aromatic nitrogens is 6. The first-order valence-corrected chi connectivity index (χ1v) is 9.48. The molecule has 4 aromatic rings. The molecular weight excluding hydrogens is 382 g/mol. The summed E-state index contributed by atoms with van der Waals surface area (Å²) in [5.74, 6) is 1.94. The number of hydrogen-bond acceptors (Lipinski definition) is 7. The molecule has 0 aliphatic carbocycles. The van der Waals surface area contributed by atoms with Crippen LogP contribution < -0.4 is 4.90 Å². The topological polar surface area (TPSA) is 87.0 Å². The van der Waals surface area contributed by atoms with E-state index < -0.39 is 0 Å². The number of anilines is 1. The van der Waals surface area contributed by atoms with Gasteiger partial charge in [-0.1, -0.05) is 17.7 Å². The second kappa shape index (κ2) is 6.05. The quantitative estimate of drug-likeness (QED) is 0.525. The van der Waals surface area contributed by atoms with Crippen LogP contribution in [0.4, 0.5) is 5.95 Å². The molecular formula is C18H16ClN7O2. The Morgan fingerprint density at radius 1 is 1.14 bits per heavy atom. The first kappa shape index (κ1) is 16.1. The van der Waals surface area contributed by atoms with E-state index in [2.05, 4.69) is 20.2 Å². The molecule has 2 aliphatic rings. The summed E-state index contributed by atoms with van der Waals surface area (Å²) in [6.07, 6.45) is 3.55. The minimum atomic E-state index is 0.287. The third kappa shape index (κ3) is 2.43. The molecule has 0 unspecified atom stereocenters. The van der Waals surface area contributed by atoms with Crippen molar-refractivity contribution in [3.8, 4) is 11.5 Å². The van der Waals surface area contributed by atoms with Gasteiger partial charge in [0.25, 0.3) is 11.8 Å². The van der Waals surface area contributed by atoms with Gasteiger partial charge in [-0.2, -0.15) is 10.1 Å². The van der Waals surface area contributed by atoms with E-state index in [1.165, 1.54) is 0 Å². The smallest absolute Gasteiger partial charge is 0.266 e. The highest BCUT2D eigenvalue weighted by Gasteiger charge is 2.25. The van der Waals surface area contributed by atoms with Gasteiger partial charge < -0.3 is 18.7 Å². The predicted octanol–water partition coefficient (Wildman–Crippen LogP) is 2.53. The van der Waals surface area contributed by atoms with Gasteiger partial charge in [0.05, 0.1) is 43.7 Å². The van der Waals surface area contributed by atoms with Gasteiger partial charge in [-0.3, -0.25) is 4.68 Å². The second-order valence-electron chi connectivity index (χ2n) is 7.02. The van der Waals surface area contributed by atoms with E-state index in [4.69, 9.17) is 20.9 Å². The zero-order chi connectivity index (χ0) is 18.7. The highest BCUT2D eigenvalue weighted by molar-refractivity contribution is 6.29. The Labute approximate surface area is 164 Å². The fourth-order valence-corrected chi connectivity index (χ4v) is 3.91. The fraction of sp³-hybridized carbons (Fsp3) is 0.333. The number of benzene rings is 1. The van der Waals surface area contributed by atoms with Crippen LogP contribution in [-0.4, -0.2) is 49.2 Å². The molecule has 1 aromatic carbocycles. The molecule has 142 valence electrons. The molecule has 0 radical (unpaired) electrons. The zero-order valence-electron chi connectivity index (χ0n) is 14.8. The monoisotopic (exact) mass is 397 g/mol. The lowest BCUT2D eigenvalue weighted by Crippen LogP contribution is -2.34. The number of halogens is 1. The third-order valence-corrected chi connectivity index (χ3v) is 5.63. The van der Waals surface area contributed by atoms with Gasteiger partial charge in [0.1, 0.15) is 11.0 Å². The van der Waals surface area contributed by atoms with Crippen LogP contribution in [0.5, 0.6) is 0 Å². The molecule has 2 aliphatic heterocycles. The van der Waals surface area contributed by atoms with Gasteiger partial charge in [-0.05, 0) is 17.3 Å². The van der Waals surface area contributed by atoms with Crippen molar-refractivity contribution < 1.29 is 9.26 Å². The van der Waals surface area contributed by atoms with E-state index in [0.29, 0.717) is 36.8 Å². The van der Waals surface area contributed by atoms with Crippen molar-refractivity contribution in [2.24, 2.45) is 0 Å². The summed E-state index contributed by atoms with van der Waals surface area (Å²) in [5.41, 5.74) is 1.91. The molecule has 5 heterocycles. The van der Waals surface area contributed by atoms with Crippen LogP contribution in [0.1, 0.15) is 11.9 Å². The summed E-state index contributed by atoms with van der Waals surface area (Å²) in [6.45, 7) is 3.47. The van der Waals surface area contributed by atoms with Crippen molar-refractivity contribution in [1.29, 1.82) is 0 Å². The van der Waals surface area contributed by atoms with E-state index in [1.807, 2.05) is 38.5 Å². The summed E-state index contributed by atoms with van der Waals surface area (Å²) in [4.78, 5) is 11.0. The Hall–Kier alpha value is -2.91.